The largest absolute Gasteiger partial charge is 0.392 e. The number of imidazole rings is 1. The minimum Gasteiger partial charge on any atom is -0.392 e. The van der Waals surface area contributed by atoms with E-state index in [2.05, 4.69) is 9.97 Å². The van der Waals surface area contributed by atoms with Gasteiger partial charge in [-0.2, -0.15) is 0 Å². The lowest BCUT2D eigenvalue weighted by Gasteiger charge is -2.06. The highest BCUT2D eigenvalue weighted by atomic mass is 32.2. The molecule has 1 heterocycles. The Bertz CT molecular complexity index is 344. The average Bonchev–Trinajstić information content (AvgIpc) is 2.34. The first-order chi connectivity index (χ1) is 5.97. The summed E-state index contributed by atoms with van der Waals surface area (Å²) in [5.41, 5.74) is 0. The Labute approximate surface area is 76.7 Å². The SMILES string of the molecule is CS(=O)(=O)CC(O)Cc1ncc[nH]1. The molecule has 0 spiro atoms. The number of sulfone groups is 1. The van der Waals surface area contributed by atoms with Gasteiger partial charge in [-0.25, -0.2) is 13.4 Å². The van der Waals surface area contributed by atoms with Crippen molar-refractivity contribution in [2.75, 3.05) is 12.0 Å². The maximum Gasteiger partial charge on any atom is 0.150 e. The molecule has 0 aliphatic rings. The van der Waals surface area contributed by atoms with Crippen LogP contribution in [0.25, 0.3) is 0 Å². The van der Waals surface area contributed by atoms with Crippen LogP contribution >= 0.6 is 0 Å². The first kappa shape index (κ1) is 10.2. The molecule has 0 amide bonds. The van der Waals surface area contributed by atoms with Gasteiger partial charge >= 0.3 is 0 Å². The van der Waals surface area contributed by atoms with Gasteiger partial charge in [0.15, 0.2) is 0 Å². The number of rotatable bonds is 4. The summed E-state index contributed by atoms with van der Waals surface area (Å²) in [6.07, 6.45) is 3.63. The van der Waals surface area contributed by atoms with E-state index >= 15 is 0 Å². The Morgan fingerprint density at radius 1 is 1.69 bits per heavy atom. The van der Waals surface area contributed by atoms with Crippen LogP contribution in [0.2, 0.25) is 0 Å². The van der Waals surface area contributed by atoms with Crippen LogP contribution < -0.4 is 0 Å². The van der Waals surface area contributed by atoms with Crippen LogP contribution in [0, 0.1) is 0 Å². The summed E-state index contributed by atoms with van der Waals surface area (Å²) >= 11 is 0. The predicted molar refractivity (Wildman–Crippen MR) is 48.0 cm³/mol. The Kier molecular flexibility index (Phi) is 3.05. The molecule has 0 saturated heterocycles. The molecule has 1 atom stereocenters. The van der Waals surface area contributed by atoms with Crippen molar-refractivity contribution in [2.24, 2.45) is 0 Å². The van der Waals surface area contributed by atoms with Gasteiger partial charge in [-0.1, -0.05) is 0 Å². The molecule has 1 rings (SSSR count). The summed E-state index contributed by atoms with van der Waals surface area (Å²) in [7, 11) is -3.12. The number of nitrogens with one attached hydrogen (secondary N) is 1. The van der Waals surface area contributed by atoms with Crippen LogP contribution in [0.1, 0.15) is 5.82 Å². The fourth-order valence-electron chi connectivity index (χ4n) is 1.04. The summed E-state index contributed by atoms with van der Waals surface area (Å²) in [4.78, 5) is 6.66. The lowest BCUT2D eigenvalue weighted by molar-refractivity contribution is 0.195. The van der Waals surface area contributed by atoms with E-state index < -0.39 is 15.9 Å². The maximum absolute atomic E-state index is 10.8. The third kappa shape index (κ3) is 4.05. The second-order valence-corrected chi connectivity index (χ2v) is 5.17. The molecule has 0 aliphatic heterocycles. The van der Waals surface area contributed by atoms with Crippen molar-refractivity contribution in [2.45, 2.75) is 12.5 Å². The topological polar surface area (TPSA) is 83.1 Å². The first-order valence-corrected chi connectivity index (χ1v) is 5.87. The average molecular weight is 204 g/mol. The zero-order valence-corrected chi connectivity index (χ0v) is 8.08. The van der Waals surface area contributed by atoms with Gasteiger partial charge in [-0.15, -0.1) is 0 Å². The van der Waals surface area contributed by atoms with E-state index in [0.29, 0.717) is 5.82 Å². The highest BCUT2D eigenvalue weighted by Crippen LogP contribution is 1.98. The molecule has 0 bridgehead atoms. The summed E-state index contributed by atoms with van der Waals surface area (Å²) < 4.78 is 21.6. The van der Waals surface area contributed by atoms with Crippen LogP contribution in [-0.2, 0) is 16.3 Å². The van der Waals surface area contributed by atoms with Gasteiger partial charge in [0, 0.05) is 25.1 Å². The fraction of sp³-hybridized carbons (Fsp3) is 0.571. The normalized spacial score (nSPS) is 14.3. The highest BCUT2D eigenvalue weighted by Gasteiger charge is 2.13. The van der Waals surface area contributed by atoms with Gasteiger partial charge in [0.05, 0.1) is 11.9 Å². The number of aliphatic hydroxyl groups excluding tert-OH is 1. The van der Waals surface area contributed by atoms with Crippen molar-refractivity contribution < 1.29 is 13.5 Å². The summed E-state index contributed by atoms with van der Waals surface area (Å²) in [6.45, 7) is 0. The van der Waals surface area contributed by atoms with Crippen molar-refractivity contribution in [1.82, 2.24) is 9.97 Å². The van der Waals surface area contributed by atoms with Crippen LogP contribution in [-0.4, -0.2) is 41.6 Å². The van der Waals surface area contributed by atoms with Crippen molar-refractivity contribution in [3.8, 4) is 0 Å². The molecular weight excluding hydrogens is 192 g/mol. The highest BCUT2D eigenvalue weighted by molar-refractivity contribution is 7.90. The molecule has 0 aliphatic carbocycles. The lowest BCUT2D eigenvalue weighted by atomic mass is 10.3. The quantitative estimate of drug-likeness (QED) is 0.683. The van der Waals surface area contributed by atoms with Crippen LogP contribution in [0.5, 0.6) is 0 Å². The molecule has 5 nitrogen and oxygen atoms in total. The van der Waals surface area contributed by atoms with Gasteiger partial charge in [0.2, 0.25) is 0 Å². The Balaban J connectivity index is 2.47. The molecule has 0 radical (unpaired) electrons. The number of nitrogens with zero attached hydrogens (tertiary/aromatic N) is 1. The van der Waals surface area contributed by atoms with Crippen LogP contribution in [0.15, 0.2) is 12.4 Å². The molecule has 74 valence electrons. The molecule has 0 saturated carbocycles. The van der Waals surface area contributed by atoms with E-state index in [0.717, 1.165) is 6.26 Å². The molecule has 0 aromatic carbocycles. The van der Waals surface area contributed by atoms with Crippen LogP contribution in [0.3, 0.4) is 0 Å². The molecule has 13 heavy (non-hydrogen) atoms. The minimum absolute atomic E-state index is 0.228. The van der Waals surface area contributed by atoms with Gasteiger partial charge < -0.3 is 10.1 Å². The first-order valence-electron chi connectivity index (χ1n) is 3.81. The van der Waals surface area contributed by atoms with Gasteiger partial charge in [0.1, 0.15) is 15.7 Å². The van der Waals surface area contributed by atoms with Crippen molar-refractivity contribution in [3.63, 3.8) is 0 Å². The Morgan fingerprint density at radius 3 is 2.85 bits per heavy atom. The number of aromatic nitrogens is 2. The zero-order valence-electron chi connectivity index (χ0n) is 7.27. The molecule has 1 aromatic rings. The number of aliphatic hydroxyl groups is 1. The molecule has 1 unspecified atom stereocenters. The van der Waals surface area contributed by atoms with Gasteiger partial charge in [0.25, 0.3) is 0 Å². The Hall–Kier alpha value is -0.880. The standard InChI is InChI=1S/C7H12N2O3S/c1-13(11,12)5-6(10)4-7-8-2-3-9-7/h2-3,6,10H,4-5H2,1H3,(H,8,9). The van der Waals surface area contributed by atoms with Crippen molar-refractivity contribution >= 4 is 9.84 Å². The monoisotopic (exact) mass is 204 g/mol. The molecule has 6 heteroatoms. The van der Waals surface area contributed by atoms with E-state index in [1.165, 1.54) is 0 Å². The number of aromatic amines is 1. The van der Waals surface area contributed by atoms with E-state index in [9.17, 15) is 13.5 Å². The smallest absolute Gasteiger partial charge is 0.150 e. The van der Waals surface area contributed by atoms with E-state index in [1.54, 1.807) is 12.4 Å². The molecule has 2 N–H and O–H groups in total. The second-order valence-electron chi connectivity index (χ2n) is 2.99. The summed E-state index contributed by atoms with van der Waals surface area (Å²) in [5.74, 6) is 0.365. The molecule has 0 fully saturated rings. The third-order valence-electron chi connectivity index (χ3n) is 1.48. The van der Waals surface area contributed by atoms with Gasteiger partial charge in [-0.3, -0.25) is 0 Å². The van der Waals surface area contributed by atoms with Crippen molar-refractivity contribution in [3.05, 3.63) is 18.2 Å². The fourth-order valence-corrected chi connectivity index (χ4v) is 1.86. The molecule has 1 aromatic heterocycles. The second kappa shape index (κ2) is 3.89. The number of H-pyrrole nitrogens is 1. The third-order valence-corrected chi connectivity index (χ3v) is 2.47. The minimum atomic E-state index is -3.12. The van der Waals surface area contributed by atoms with Gasteiger partial charge in [-0.05, 0) is 0 Å². The Morgan fingerprint density at radius 2 is 2.38 bits per heavy atom. The van der Waals surface area contributed by atoms with Crippen molar-refractivity contribution in [1.29, 1.82) is 0 Å². The van der Waals surface area contributed by atoms with E-state index in [1.807, 2.05) is 0 Å². The maximum atomic E-state index is 10.8. The number of hydrogen-bond acceptors (Lipinski definition) is 4. The number of hydrogen-bond donors (Lipinski definition) is 2. The predicted octanol–water partition coefficient (Wildman–Crippen LogP) is -0.642. The van der Waals surface area contributed by atoms with E-state index in [4.69, 9.17) is 0 Å². The summed E-state index contributed by atoms with van der Waals surface area (Å²) in [5, 5.41) is 9.32. The van der Waals surface area contributed by atoms with E-state index in [-0.39, 0.29) is 12.2 Å². The van der Waals surface area contributed by atoms with Crippen LogP contribution in [0.4, 0.5) is 0 Å². The lowest BCUT2D eigenvalue weighted by Crippen LogP contribution is -2.22. The zero-order chi connectivity index (χ0) is 9.90. The molecular formula is C7H12N2O3S. The summed E-state index contributed by atoms with van der Waals surface area (Å²) in [6, 6.07) is 0.